The van der Waals surface area contributed by atoms with Crippen LogP contribution >= 0.6 is 0 Å². The highest BCUT2D eigenvalue weighted by molar-refractivity contribution is 5.83. The molecule has 4 nitrogen and oxygen atoms in total. The van der Waals surface area contributed by atoms with Crippen LogP contribution in [0, 0.1) is 5.82 Å². The van der Waals surface area contributed by atoms with Crippen LogP contribution < -0.4 is 5.32 Å². The third-order valence-corrected chi connectivity index (χ3v) is 3.81. The minimum atomic E-state index is -0.221. The minimum absolute atomic E-state index is 0.221. The molecule has 110 valence electrons. The van der Waals surface area contributed by atoms with E-state index in [-0.39, 0.29) is 5.82 Å². The zero-order chi connectivity index (χ0) is 14.9. The van der Waals surface area contributed by atoms with Crippen LogP contribution in [0.2, 0.25) is 0 Å². The summed E-state index contributed by atoms with van der Waals surface area (Å²) < 4.78 is 13.2. The zero-order valence-electron chi connectivity index (χ0n) is 11.9. The Bertz CT molecular complexity index is 905. The van der Waals surface area contributed by atoms with Crippen molar-refractivity contribution in [3.8, 4) is 0 Å². The Balaban J connectivity index is 1.47. The van der Waals surface area contributed by atoms with Gasteiger partial charge in [0.25, 0.3) is 0 Å². The summed E-state index contributed by atoms with van der Waals surface area (Å²) in [6.07, 6.45) is 2.77. The Labute approximate surface area is 126 Å². The molecule has 0 spiro atoms. The molecule has 0 radical (unpaired) electrons. The lowest BCUT2D eigenvalue weighted by Gasteiger charge is -2.02. The number of para-hydroxylation sites is 2. The summed E-state index contributed by atoms with van der Waals surface area (Å²) in [7, 11) is 0. The number of fused-ring (bicyclic) bond motifs is 2. The van der Waals surface area contributed by atoms with Crippen molar-refractivity contribution in [3.05, 3.63) is 60.0 Å². The maximum atomic E-state index is 13.2. The highest BCUT2D eigenvalue weighted by Gasteiger charge is 2.05. The summed E-state index contributed by atoms with van der Waals surface area (Å²) >= 11 is 0. The fourth-order valence-corrected chi connectivity index (χ4v) is 2.72. The highest BCUT2D eigenvalue weighted by atomic mass is 19.1. The Morgan fingerprint density at radius 2 is 2.00 bits per heavy atom. The summed E-state index contributed by atoms with van der Waals surface area (Å²) in [5.74, 6) is 0.549. The molecule has 0 unspecified atom stereocenters. The molecule has 0 fully saturated rings. The van der Waals surface area contributed by atoms with Crippen LogP contribution in [-0.2, 0) is 6.42 Å². The Morgan fingerprint density at radius 3 is 2.91 bits per heavy atom. The highest BCUT2D eigenvalue weighted by Crippen LogP contribution is 2.20. The minimum Gasteiger partial charge on any atom is -0.361 e. The first-order valence-corrected chi connectivity index (χ1v) is 7.24. The van der Waals surface area contributed by atoms with Crippen molar-refractivity contribution in [3.63, 3.8) is 0 Å². The molecular weight excluding hydrogens is 279 g/mol. The number of hydrogen-bond donors (Lipinski definition) is 3. The number of nitrogens with one attached hydrogen (secondary N) is 3. The van der Waals surface area contributed by atoms with E-state index in [0.29, 0.717) is 0 Å². The molecule has 2 aromatic carbocycles. The molecule has 4 aromatic rings. The molecule has 0 saturated heterocycles. The van der Waals surface area contributed by atoms with E-state index in [1.165, 1.54) is 17.7 Å². The van der Waals surface area contributed by atoms with E-state index < -0.39 is 0 Å². The molecule has 3 N–H and O–H groups in total. The smallest absolute Gasteiger partial charge is 0.201 e. The largest absolute Gasteiger partial charge is 0.361 e. The van der Waals surface area contributed by atoms with Gasteiger partial charge in [-0.2, -0.15) is 0 Å². The van der Waals surface area contributed by atoms with Crippen LogP contribution in [0.5, 0.6) is 0 Å². The van der Waals surface area contributed by atoms with Crippen LogP contribution in [0.25, 0.3) is 21.9 Å². The summed E-state index contributed by atoms with van der Waals surface area (Å²) in [6.45, 7) is 0.754. The van der Waals surface area contributed by atoms with Crippen LogP contribution in [0.15, 0.2) is 48.7 Å². The van der Waals surface area contributed by atoms with Gasteiger partial charge in [0.2, 0.25) is 5.95 Å². The SMILES string of the molecule is Fc1ccc2c(CCNc3nc4ccccc4[nH]3)c[nH]c2c1. The molecule has 0 amide bonds. The van der Waals surface area contributed by atoms with Gasteiger partial charge in [-0.05, 0) is 42.3 Å². The average molecular weight is 294 g/mol. The number of aromatic amines is 2. The molecule has 2 aromatic heterocycles. The normalized spacial score (nSPS) is 11.3. The van der Waals surface area contributed by atoms with Crippen molar-refractivity contribution < 1.29 is 4.39 Å². The first-order chi connectivity index (χ1) is 10.8. The second-order valence-corrected chi connectivity index (χ2v) is 5.28. The molecule has 0 saturated carbocycles. The average Bonchev–Trinajstić information content (AvgIpc) is 3.10. The molecule has 2 heterocycles. The number of benzene rings is 2. The number of aromatic nitrogens is 3. The third kappa shape index (κ3) is 2.30. The van der Waals surface area contributed by atoms with Gasteiger partial charge in [-0.25, -0.2) is 9.37 Å². The lowest BCUT2D eigenvalue weighted by atomic mass is 10.1. The van der Waals surface area contributed by atoms with E-state index in [9.17, 15) is 4.39 Å². The molecule has 0 aliphatic rings. The first-order valence-electron chi connectivity index (χ1n) is 7.24. The van der Waals surface area contributed by atoms with Gasteiger partial charge in [0.05, 0.1) is 11.0 Å². The number of rotatable bonds is 4. The van der Waals surface area contributed by atoms with Crippen LogP contribution in [0.3, 0.4) is 0 Å². The molecular formula is C17H15FN4. The van der Waals surface area contributed by atoms with Gasteiger partial charge in [-0.15, -0.1) is 0 Å². The van der Waals surface area contributed by atoms with E-state index in [4.69, 9.17) is 0 Å². The first kappa shape index (κ1) is 12.9. The monoisotopic (exact) mass is 294 g/mol. The lowest BCUT2D eigenvalue weighted by molar-refractivity contribution is 0.629. The predicted molar refractivity (Wildman–Crippen MR) is 86.5 cm³/mol. The van der Waals surface area contributed by atoms with Gasteiger partial charge < -0.3 is 15.3 Å². The molecule has 5 heteroatoms. The van der Waals surface area contributed by atoms with Crippen molar-refractivity contribution in [1.82, 2.24) is 15.0 Å². The molecule has 0 bridgehead atoms. The number of anilines is 1. The van der Waals surface area contributed by atoms with Gasteiger partial charge in [0.1, 0.15) is 5.82 Å². The molecule has 22 heavy (non-hydrogen) atoms. The van der Waals surface area contributed by atoms with Crippen molar-refractivity contribution >= 4 is 27.9 Å². The van der Waals surface area contributed by atoms with Crippen LogP contribution in [0.4, 0.5) is 10.3 Å². The summed E-state index contributed by atoms with van der Waals surface area (Å²) in [5.41, 5.74) is 3.97. The number of imidazole rings is 1. The summed E-state index contributed by atoms with van der Waals surface area (Å²) in [6, 6.07) is 12.8. The standard InChI is InChI=1S/C17H15FN4/c18-12-5-6-13-11(10-20-16(13)9-12)7-8-19-17-21-14-3-1-2-4-15(14)22-17/h1-6,9-10,20H,7-8H2,(H2,19,21,22). The third-order valence-electron chi connectivity index (χ3n) is 3.81. The van der Waals surface area contributed by atoms with Gasteiger partial charge in [0.15, 0.2) is 0 Å². The zero-order valence-corrected chi connectivity index (χ0v) is 11.9. The van der Waals surface area contributed by atoms with Gasteiger partial charge >= 0.3 is 0 Å². The van der Waals surface area contributed by atoms with Gasteiger partial charge in [0, 0.05) is 23.6 Å². The van der Waals surface area contributed by atoms with Crippen molar-refractivity contribution in [2.45, 2.75) is 6.42 Å². The van der Waals surface area contributed by atoms with Gasteiger partial charge in [-0.1, -0.05) is 12.1 Å². The van der Waals surface area contributed by atoms with E-state index in [0.717, 1.165) is 40.9 Å². The van der Waals surface area contributed by atoms with E-state index in [1.54, 1.807) is 0 Å². The summed E-state index contributed by atoms with van der Waals surface area (Å²) in [5, 5.41) is 4.36. The second kappa shape index (κ2) is 5.18. The van der Waals surface area contributed by atoms with Gasteiger partial charge in [-0.3, -0.25) is 0 Å². The van der Waals surface area contributed by atoms with E-state index in [2.05, 4.69) is 20.3 Å². The molecule has 4 rings (SSSR count). The van der Waals surface area contributed by atoms with E-state index in [1.807, 2.05) is 36.5 Å². The quantitative estimate of drug-likeness (QED) is 0.535. The number of halogens is 1. The predicted octanol–water partition coefficient (Wildman–Crippen LogP) is 3.84. The van der Waals surface area contributed by atoms with Crippen molar-refractivity contribution in [2.24, 2.45) is 0 Å². The summed E-state index contributed by atoms with van der Waals surface area (Å²) in [4.78, 5) is 10.8. The second-order valence-electron chi connectivity index (χ2n) is 5.28. The number of H-pyrrole nitrogens is 2. The number of nitrogens with zero attached hydrogens (tertiary/aromatic N) is 1. The maximum Gasteiger partial charge on any atom is 0.201 e. The van der Waals surface area contributed by atoms with Crippen molar-refractivity contribution in [1.29, 1.82) is 0 Å². The fourth-order valence-electron chi connectivity index (χ4n) is 2.72. The fraction of sp³-hybridized carbons (Fsp3) is 0.118. The molecule has 0 atom stereocenters. The topological polar surface area (TPSA) is 56.5 Å². The maximum absolute atomic E-state index is 13.2. The van der Waals surface area contributed by atoms with E-state index >= 15 is 0 Å². The molecule has 0 aliphatic heterocycles. The number of hydrogen-bond acceptors (Lipinski definition) is 2. The van der Waals surface area contributed by atoms with Crippen LogP contribution in [0.1, 0.15) is 5.56 Å². The van der Waals surface area contributed by atoms with Crippen LogP contribution in [-0.4, -0.2) is 21.5 Å². The Kier molecular flexibility index (Phi) is 3.04. The lowest BCUT2D eigenvalue weighted by Crippen LogP contribution is -2.05. The Hall–Kier alpha value is -2.82. The van der Waals surface area contributed by atoms with Crippen molar-refractivity contribution in [2.75, 3.05) is 11.9 Å². The molecule has 0 aliphatic carbocycles. The Morgan fingerprint density at radius 1 is 1.09 bits per heavy atom.